The molecule has 2 aromatic heterocycles. The minimum atomic E-state index is -0.327. The minimum absolute atomic E-state index is 0.0290. The average Bonchev–Trinajstić information content (AvgIpc) is 3.01. The third-order valence-electron chi connectivity index (χ3n) is 5.24. The Morgan fingerprint density at radius 1 is 1.29 bits per heavy atom. The molecule has 1 aliphatic heterocycles. The van der Waals surface area contributed by atoms with Crippen LogP contribution in [-0.2, 0) is 13.6 Å². The maximum absolute atomic E-state index is 13.0. The van der Waals surface area contributed by atoms with Gasteiger partial charge in [0.05, 0.1) is 10.9 Å². The molecule has 9 heteroatoms. The second-order valence-corrected chi connectivity index (χ2v) is 7.03. The Bertz CT molecular complexity index is 1160. The molecule has 3 heterocycles. The lowest BCUT2D eigenvalue weighted by molar-refractivity contribution is 0.0690. The van der Waals surface area contributed by atoms with Gasteiger partial charge in [0.2, 0.25) is 0 Å². The van der Waals surface area contributed by atoms with Crippen molar-refractivity contribution in [3.05, 3.63) is 56.8 Å². The number of piperidine rings is 1. The van der Waals surface area contributed by atoms with E-state index in [-0.39, 0.29) is 28.9 Å². The zero-order chi connectivity index (χ0) is 19.8. The van der Waals surface area contributed by atoms with E-state index in [2.05, 4.69) is 15.1 Å². The molecule has 1 N–H and O–H groups in total. The monoisotopic (exact) mass is 382 g/mol. The molecule has 1 amide bonds. The number of carbonyl (C=O) groups excluding carboxylic acids is 1. The number of carbonyl (C=O) groups is 1. The number of amides is 1. The maximum Gasteiger partial charge on any atom is 0.345 e. The molecular weight excluding hydrogens is 360 g/mol. The van der Waals surface area contributed by atoms with E-state index in [4.69, 9.17) is 0 Å². The number of H-pyrrole nitrogens is 1. The van der Waals surface area contributed by atoms with E-state index in [0.29, 0.717) is 36.4 Å². The molecule has 146 valence electrons. The molecule has 1 unspecified atom stereocenters. The third kappa shape index (κ3) is 3.02. The normalized spacial score (nSPS) is 17.2. The highest BCUT2D eigenvalue weighted by Crippen LogP contribution is 2.25. The van der Waals surface area contributed by atoms with Crippen LogP contribution in [-0.4, -0.2) is 48.2 Å². The first-order chi connectivity index (χ1) is 13.5. The van der Waals surface area contributed by atoms with Crippen LogP contribution in [0.5, 0.6) is 0 Å². The lowest BCUT2D eigenvalue weighted by Gasteiger charge is -2.31. The maximum atomic E-state index is 13.0. The van der Waals surface area contributed by atoms with Crippen LogP contribution < -0.4 is 11.2 Å². The molecule has 1 atom stereocenters. The number of benzene rings is 1. The summed E-state index contributed by atoms with van der Waals surface area (Å²) in [6, 6.07) is 6.94. The fourth-order valence-corrected chi connectivity index (χ4v) is 3.83. The number of rotatable bonds is 3. The number of hydrogen-bond acceptors (Lipinski definition) is 5. The Hall–Kier alpha value is -3.23. The molecule has 0 aliphatic carbocycles. The van der Waals surface area contributed by atoms with E-state index in [1.165, 1.54) is 4.68 Å². The molecule has 0 saturated carbocycles. The third-order valence-corrected chi connectivity index (χ3v) is 5.24. The number of para-hydroxylation sites is 1. The molecule has 1 fully saturated rings. The number of fused-ring (bicyclic) bond motifs is 1. The van der Waals surface area contributed by atoms with E-state index >= 15 is 0 Å². The lowest BCUT2D eigenvalue weighted by Crippen LogP contribution is -2.41. The summed E-state index contributed by atoms with van der Waals surface area (Å²) in [6.07, 6.45) is 1.64. The second kappa shape index (κ2) is 7.06. The zero-order valence-electron chi connectivity index (χ0n) is 15.9. The predicted octanol–water partition coefficient (Wildman–Crippen LogP) is 0.858. The molecule has 3 aromatic rings. The molecule has 0 spiro atoms. The number of aryl methyl sites for hydroxylation is 1. The number of aromatic amines is 1. The summed E-state index contributed by atoms with van der Waals surface area (Å²) in [5.41, 5.74) is 0.0150. The van der Waals surface area contributed by atoms with Gasteiger partial charge in [-0.05, 0) is 31.9 Å². The topological polar surface area (TPSA) is 106 Å². The SMILES string of the molecule is CCn1c(C2CCCN(C(=O)c3nc4ccccc4c(=O)[nH]3)C2)nn(C)c1=O. The van der Waals surface area contributed by atoms with Gasteiger partial charge in [0.1, 0.15) is 5.82 Å². The van der Waals surface area contributed by atoms with Gasteiger partial charge < -0.3 is 9.88 Å². The molecule has 0 radical (unpaired) electrons. The number of nitrogens with one attached hydrogen (secondary N) is 1. The Kier molecular flexibility index (Phi) is 4.58. The first kappa shape index (κ1) is 18.1. The highest BCUT2D eigenvalue weighted by Gasteiger charge is 2.30. The van der Waals surface area contributed by atoms with Crippen molar-refractivity contribution in [3.63, 3.8) is 0 Å². The Morgan fingerprint density at radius 3 is 2.86 bits per heavy atom. The van der Waals surface area contributed by atoms with Crippen LogP contribution >= 0.6 is 0 Å². The fraction of sp³-hybridized carbons (Fsp3) is 0.421. The van der Waals surface area contributed by atoms with Crippen molar-refractivity contribution < 1.29 is 4.79 Å². The molecule has 1 saturated heterocycles. The summed E-state index contributed by atoms with van der Waals surface area (Å²) in [5.74, 6) is 0.401. The van der Waals surface area contributed by atoms with E-state index < -0.39 is 0 Å². The van der Waals surface area contributed by atoms with Gasteiger partial charge in [-0.15, -0.1) is 0 Å². The summed E-state index contributed by atoms with van der Waals surface area (Å²) in [7, 11) is 1.63. The van der Waals surface area contributed by atoms with Crippen LogP contribution in [0.15, 0.2) is 33.9 Å². The average molecular weight is 382 g/mol. The highest BCUT2D eigenvalue weighted by atomic mass is 16.2. The van der Waals surface area contributed by atoms with Crippen molar-refractivity contribution in [1.29, 1.82) is 0 Å². The van der Waals surface area contributed by atoms with Crippen molar-refractivity contribution in [2.24, 2.45) is 7.05 Å². The molecule has 9 nitrogen and oxygen atoms in total. The van der Waals surface area contributed by atoms with Gasteiger partial charge in [-0.1, -0.05) is 12.1 Å². The van der Waals surface area contributed by atoms with Crippen molar-refractivity contribution in [2.75, 3.05) is 13.1 Å². The largest absolute Gasteiger partial charge is 0.345 e. The lowest BCUT2D eigenvalue weighted by atomic mass is 9.97. The Labute approximate surface area is 160 Å². The van der Waals surface area contributed by atoms with E-state index in [1.54, 1.807) is 40.8 Å². The van der Waals surface area contributed by atoms with Gasteiger partial charge in [0.15, 0.2) is 5.82 Å². The molecule has 28 heavy (non-hydrogen) atoms. The molecule has 1 aliphatic rings. The summed E-state index contributed by atoms with van der Waals surface area (Å²) >= 11 is 0. The van der Waals surface area contributed by atoms with Crippen LogP contribution in [0.2, 0.25) is 0 Å². The van der Waals surface area contributed by atoms with Crippen molar-refractivity contribution in [2.45, 2.75) is 32.2 Å². The number of likely N-dealkylation sites (tertiary alicyclic amines) is 1. The first-order valence-corrected chi connectivity index (χ1v) is 9.41. The standard InChI is InChI=1S/C19H22N6O3/c1-3-25-16(22-23(2)19(25)28)12-7-6-10-24(11-12)18(27)15-20-14-9-5-4-8-13(14)17(26)21-15/h4-5,8-9,12H,3,6-7,10-11H2,1-2H3,(H,20,21,26). The Balaban J connectivity index is 1.63. The predicted molar refractivity (Wildman–Crippen MR) is 103 cm³/mol. The summed E-state index contributed by atoms with van der Waals surface area (Å²) < 4.78 is 2.98. The second-order valence-electron chi connectivity index (χ2n) is 7.03. The summed E-state index contributed by atoms with van der Waals surface area (Å²) in [6.45, 7) is 3.45. The van der Waals surface area contributed by atoms with E-state index in [9.17, 15) is 14.4 Å². The molecule has 1 aromatic carbocycles. The van der Waals surface area contributed by atoms with Gasteiger partial charge in [0, 0.05) is 32.6 Å². The molecular formula is C19H22N6O3. The summed E-state index contributed by atoms with van der Waals surface area (Å²) in [4.78, 5) is 46.1. The van der Waals surface area contributed by atoms with Gasteiger partial charge in [0.25, 0.3) is 11.5 Å². The zero-order valence-corrected chi connectivity index (χ0v) is 15.9. The summed E-state index contributed by atoms with van der Waals surface area (Å²) in [5, 5.41) is 4.84. The van der Waals surface area contributed by atoms with Crippen LogP contribution in [0, 0.1) is 0 Å². The van der Waals surface area contributed by atoms with Crippen LogP contribution in [0.1, 0.15) is 42.1 Å². The van der Waals surface area contributed by atoms with Crippen LogP contribution in [0.25, 0.3) is 10.9 Å². The van der Waals surface area contributed by atoms with Crippen LogP contribution in [0.4, 0.5) is 0 Å². The van der Waals surface area contributed by atoms with E-state index in [1.807, 2.05) is 6.92 Å². The fourth-order valence-electron chi connectivity index (χ4n) is 3.83. The van der Waals surface area contributed by atoms with Crippen LogP contribution in [0.3, 0.4) is 0 Å². The minimum Gasteiger partial charge on any atom is -0.335 e. The molecule has 0 bridgehead atoms. The smallest absolute Gasteiger partial charge is 0.335 e. The highest BCUT2D eigenvalue weighted by molar-refractivity contribution is 5.92. The van der Waals surface area contributed by atoms with Crippen molar-refractivity contribution in [1.82, 2.24) is 29.2 Å². The first-order valence-electron chi connectivity index (χ1n) is 9.41. The van der Waals surface area contributed by atoms with Gasteiger partial charge in [-0.2, -0.15) is 5.10 Å². The van der Waals surface area contributed by atoms with Gasteiger partial charge in [-0.3, -0.25) is 14.2 Å². The number of aromatic nitrogens is 5. The van der Waals surface area contributed by atoms with Gasteiger partial charge in [-0.25, -0.2) is 14.5 Å². The van der Waals surface area contributed by atoms with Gasteiger partial charge >= 0.3 is 5.69 Å². The van der Waals surface area contributed by atoms with Crippen molar-refractivity contribution in [3.8, 4) is 0 Å². The Morgan fingerprint density at radius 2 is 2.07 bits per heavy atom. The number of nitrogens with zero attached hydrogens (tertiary/aromatic N) is 5. The molecule has 4 rings (SSSR count). The number of hydrogen-bond donors (Lipinski definition) is 1. The van der Waals surface area contributed by atoms with Crippen molar-refractivity contribution >= 4 is 16.8 Å². The van der Waals surface area contributed by atoms with E-state index in [0.717, 1.165) is 12.8 Å². The quantitative estimate of drug-likeness (QED) is 0.723.